The Morgan fingerprint density at radius 3 is 2.81 bits per heavy atom. The average molecular weight is 222 g/mol. The molecule has 5 nitrogen and oxygen atoms in total. The number of hydrogen-bond acceptors (Lipinski definition) is 3. The SMILES string of the molecule is CNC(Cn1ccc(C)n1)(C(N)=O)C1CC1. The molecule has 0 saturated heterocycles. The van der Waals surface area contributed by atoms with E-state index in [-0.39, 0.29) is 5.91 Å². The van der Waals surface area contributed by atoms with Crippen molar-refractivity contribution in [3.8, 4) is 0 Å². The Morgan fingerprint density at radius 1 is 1.75 bits per heavy atom. The highest BCUT2D eigenvalue weighted by Crippen LogP contribution is 2.40. The van der Waals surface area contributed by atoms with Crippen molar-refractivity contribution in [2.24, 2.45) is 11.7 Å². The van der Waals surface area contributed by atoms with Gasteiger partial charge in [-0.15, -0.1) is 0 Å². The Balaban J connectivity index is 2.22. The van der Waals surface area contributed by atoms with Gasteiger partial charge in [0, 0.05) is 6.20 Å². The number of aromatic nitrogens is 2. The fraction of sp³-hybridized carbons (Fsp3) is 0.636. The van der Waals surface area contributed by atoms with Gasteiger partial charge in [-0.3, -0.25) is 9.48 Å². The second-order valence-electron chi connectivity index (χ2n) is 4.51. The third-order valence-corrected chi connectivity index (χ3v) is 3.35. The molecule has 1 unspecified atom stereocenters. The van der Waals surface area contributed by atoms with Crippen LogP contribution < -0.4 is 11.1 Å². The van der Waals surface area contributed by atoms with E-state index < -0.39 is 5.54 Å². The Hall–Kier alpha value is -1.36. The first-order chi connectivity index (χ1) is 7.58. The van der Waals surface area contributed by atoms with Crippen LogP contribution in [0.5, 0.6) is 0 Å². The summed E-state index contributed by atoms with van der Waals surface area (Å²) in [5, 5.41) is 7.40. The highest BCUT2D eigenvalue weighted by molar-refractivity contribution is 5.85. The van der Waals surface area contributed by atoms with Gasteiger partial charge in [0.15, 0.2) is 0 Å². The molecule has 1 saturated carbocycles. The number of nitrogens with zero attached hydrogens (tertiary/aromatic N) is 2. The van der Waals surface area contributed by atoms with Gasteiger partial charge in [0.2, 0.25) is 5.91 Å². The molecule has 1 aliphatic rings. The van der Waals surface area contributed by atoms with E-state index in [0.717, 1.165) is 18.5 Å². The molecule has 0 bridgehead atoms. The van der Waals surface area contributed by atoms with Crippen molar-refractivity contribution in [3.63, 3.8) is 0 Å². The number of nitrogens with one attached hydrogen (secondary N) is 1. The number of likely N-dealkylation sites (N-methyl/N-ethyl adjacent to an activating group) is 1. The predicted molar refractivity (Wildman–Crippen MR) is 60.7 cm³/mol. The standard InChI is InChI=1S/C11H18N4O/c1-8-5-6-15(14-8)7-11(13-2,10(12)16)9-3-4-9/h5-6,9,13H,3-4,7H2,1-2H3,(H2,12,16). The van der Waals surface area contributed by atoms with Crippen LogP contribution in [-0.4, -0.2) is 28.3 Å². The Kier molecular flexibility index (Phi) is 2.71. The zero-order chi connectivity index (χ0) is 11.8. The van der Waals surface area contributed by atoms with Gasteiger partial charge >= 0.3 is 0 Å². The van der Waals surface area contributed by atoms with Crippen molar-refractivity contribution in [2.45, 2.75) is 31.8 Å². The molecule has 3 N–H and O–H groups in total. The van der Waals surface area contributed by atoms with Gasteiger partial charge in [0.05, 0.1) is 12.2 Å². The summed E-state index contributed by atoms with van der Waals surface area (Å²) >= 11 is 0. The summed E-state index contributed by atoms with van der Waals surface area (Å²) in [5.74, 6) is 0.0603. The number of primary amides is 1. The average Bonchev–Trinajstić information content (AvgIpc) is 3.00. The minimum atomic E-state index is -0.640. The van der Waals surface area contributed by atoms with Gasteiger partial charge in [0.25, 0.3) is 0 Å². The first kappa shape index (κ1) is 11.1. The summed E-state index contributed by atoms with van der Waals surface area (Å²) in [6.07, 6.45) is 4.00. The van der Waals surface area contributed by atoms with Gasteiger partial charge in [-0.1, -0.05) is 0 Å². The van der Waals surface area contributed by atoms with Gasteiger partial charge in [-0.05, 0) is 38.8 Å². The largest absolute Gasteiger partial charge is 0.368 e. The third-order valence-electron chi connectivity index (χ3n) is 3.35. The van der Waals surface area contributed by atoms with E-state index >= 15 is 0 Å². The highest BCUT2D eigenvalue weighted by atomic mass is 16.1. The number of nitrogens with two attached hydrogens (primary N) is 1. The molecular weight excluding hydrogens is 204 g/mol. The van der Waals surface area contributed by atoms with Crippen molar-refractivity contribution in [3.05, 3.63) is 18.0 Å². The summed E-state index contributed by atoms with van der Waals surface area (Å²) in [4.78, 5) is 11.7. The lowest BCUT2D eigenvalue weighted by atomic mass is 9.92. The summed E-state index contributed by atoms with van der Waals surface area (Å²) in [6.45, 7) is 2.44. The van der Waals surface area contributed by atoms with Crippen molar-refractivity contribution in [1.29, 1.82) is 0 Å². The molecule has 1 aromatic heterocycles. The van der Waals surface area contributed by atoms with E-state index in [1.165, 1.54) is 0 Å². The maximum absolute atomic E-state index is 11.7. The number of rotatable bonds is 5. The molecule has 1 amide bonds. The molecule has 1 fully saturated rings. The summed E-state index contributed by atoms with van der Waals surface area (Å²) in [5.41, 5.74) is 5.84. The zero-order valence-corrected chi connectivity index (χ0v) is 9.73. The Morgan fingerprint density at radius 2 is 2.44 bits per heavy atom. The predicted octanol–water partition coefficient (Wildman–Crippen LogP) is 0.0450. The van der Waals surface area contributed by atoms with E-state index in [9.17, 15) is 4.79 Å². The van der Waals surface area contributed by atoms with Gasteiger partial charge in [0.1, 0.15) is 5.54 Å². The lowest BCUT2D eigenvalue weighted by Crippen LogP contribution is -2.58. The fourth-order valence-corrected chi connectivity index (χ4v) is 2.20. The quantitative estimate of drug-likeness (QED) is 0.739. The number of amides is 1. The monoisotopic (exact) mass is 222 g/mol. The van der Waals surface area contributed by atoms with E-state index in [1.54, 1.807) is 11.7 Å². The van der Waals surface area contributed by atoms with Crippen LogP contribution in [0.2, 0.25) is 0 Å². The van der Waals surface area contributed by atoms with Crippen LogP contribution in [0.3, 0.4) is 0 Å². The normalized spacial score (nSPS) is 19.4. The molecule has 1 aliphatic carbocycles. The van der Waals surface area contributed by atoms with E-state index in [1.807, 2.05) is 19.2 Å². The molecule has 5 heteroatoms. The van der Waals surface area contributed by atoms with Crippen molar-refractivity contribution in [2.75, 3.05) is 7.05 Å². The maximum Gasteiger partial charge on any atom is 0.239 e. The third kappa shape index (κ3) is 1.82. The maximum atomic E-state index is 11.7. The fourth-order valence-electron chi connectivity index (χ4n) is 2.20. The highest BCUT2D eigenvalue weighted by Gasteiger charge is 2.49. The molecule has 1 aromatic rings. The molecule has 0 radical (unpaired) electrons. The summed E-state index contributed by atoms with van der Waals surface area (Å²) in [7, 11) is 1.79. The molecule has 1 heterocycles. The zero-order valence-electron chi connectivity index (χ0n) is 9.73. The number of aryl methyl sites for hydroxylation is 1. The first-order valence-electron chi connectivity index (χ1n) is 5.57. The lowest BCUT2D eigenvalue weighted by Gasteiger charge is -2.30. The number of hydrogen-bond donors (Lipinski definition) is 2. The van der Waals surface area contributed by atoms with E-state index in [4.69, 9.17) is 5.73 Å². The summed E-state index contributed by atoms with van der Waals surface area (Å²) < 4.78 is 1.79. The van der Waals surface area contributed by atoms with Gasteiger partial charge < -0.3 is 11.1 Å². The molecule has 88 valence electrons. The van der Waals surface area contributed by atoms with Crippen molar-refractivity contribution >= 4 is 5.91 Å². The van der Waals surface area contributed by atoms with Crippen molar-refractivity contribution in [1.82, 2.24) is 15.1 Å². The number of carbonyl (C=O) groups excluding carboxylic acids is 1. The van der Waals surface area contributed by atoms with E-state index in [2.05, 4.69) is 10.4 Å². The Labute approximate surface area is 95.0 Å². The van der Waals surface area contributed by atoms with Crippen LogP contribution in [0.1, 0.15) is 18.5 Å². The van der Waals surface area contributed by atoms with Crippen LogP contribution in [0.4, 0.5) is 0 Å². The first-order valence-corrected chi connectivity index (χ1v) is 5.57. The van der Waals surface area contributed by atoms with Gasteiger partial charge in [-0.25, -0.2) is 0 Å². The Bertz CT molecular complexity index is 396. The molecule has 16 heavy (non-hydrogen) atoms. The topological polar surface area (TPSA) is 72.9 Å². The summed E-state index contributed by atoms with van der Waals surface area (Å²) in [6, 6.07) is 1.92. The second kappa shape index (κ2) is 3.90. The molecular formula is C11H18N4O. The van der Waals surface area contributed by atoms with Crippen LogP contribution in [0.25, 0.3) is 0 Å². The minimum Gasteiger partial charge on any atom is -0.368 e. The second-order valence-corrected chi connectivity index (χ2v) is 4.51. The molecule has 0 aromatic carbocycles. The van der Waals surface area contributed by atoms with Crippen LogP contribution in [0.15, 0.2) is 12.3 Å². The smallest absolute Gasteiger partial charge is 0.239 e. The lowest BCUT2D eigenvalue weighted by molar-refractivity contribution is -0.125. The van der Waals surface area contributed by atoms with Crippen LogP contribution in [0, 0.1) is 12.8 Å². The van der Waals surface area contributed by atoms with E-state index in [0.29, 0.717) is 12.5 Å². The number of carbonyl (C=O) groups is 1. The van der Waals surface area contributed by atoms with Crippen LogP contribution >= 0.6 is 0 Å². The van der Waals surface area contributed by atoms with Crippen LogP contribution in [-0.2, 0) is 11.3 Å². The molecule has 0 spiro atoms. The van der Waals surface area contributed by atoms with Gasteiger partial charge in [-0.2, -0.15) is 5.10 Å². The molecule has 2 rings (SSSR count). The molecule has 1 atom stereocenters. The van der Waals surface area contributed by atoms with Crippen molar-refractivity contribution < 1.29 is 4.79 Å². The minimum absolute atomic E-state index is 0.286. The molecule has 0 aliphatic heterocycles.